The molecule has 1 unspecified atom stereocenters. The summed E-state index contributed by atoms with van der Waals surface area (Å²) in [4.78, 5) is 13.6. The van der Waals surface area contributed by atoms with Crippen LogP contribution in [0.25, 0.3) is 0 Å². The van der Waals surface area contributed by atoms with Gasteiger partial charge in [-0.3, -0.25) is 4.79 Å². The summed E-state index contributed by atoms with van der Waals surface area (Å²) in [5.74, 6) is -0.202. The molecule has 1 aliphatic heterocycles. The Labute approximate surface area is 117 Å². The molecule has 0 aliphatic carbocycles. The van der Waals surface area contributed by atoms with Crippen molar-refractivity contribution >= 4 is 17.5 Å². The summed E-state index contributed by atoms with van der Waals surface area (Å²) in [6, 6.07) is 4.85. The van der Waals surface area contributed by atoms with Crippen molar-refractivity contribution in [2.24, 2.45) is 0 Å². The number of hydrogen-bond acceptors (Lipinski definition) is 2. The van der Waals surface area contributed by atoms with Crippen LogP contribution >= 0.6 is 11.6 Å². The average molecular weight is 285 g/mol. The lowest BCUT2D eigenvalue weighted by Gasteiger charge is -2.16. The molecule has 1 aromatic carbocycles. The van der Waals surface area contributed by atoms with Crippen molar-refractivity contribution in [1.82, 2.24) is 10.2 Å². The quantitative estimate of drug-likeness (QED) is 0.901. The molecule has 1 amide bonds. The monoisotopic (exact) mass is 284 g/mol. The number of nitrogens with zero attached hydrogens (tertiary/aromatic N) is 1. The molecular weight excluding hydrogens is 267 g/mol. The summed E-state index contributed by atoms with van der Waals surface area (Å²) in [7, 11) is 0. The van der Waals surface area contributed by atoms with E-state index in [0.717, 1.165) is 25.1 Å². The molecule has 0 spiro atoms. The van der Waals surface area contributed by atoms with Crippen molar-refractivity contribution in [2.45, 2.75) is 32.4 Å². The lowest BCUT2D eigenvalue weighted by Crippen LogP contribution is -2.32. The highest BCUT2D eigenvalue weighted by Gasteiger charge is 2.28. The van der Waals surface area contributed by atoms with Crippen LogP contribution < -0.4 is 5.32 Å². The third-order valence-corrected chi connectivity index (χ3v) is 3.58. The molecular formula is C14H18ClFN2O. The van der Waals surface area contributed by atoms with Crippen LogP contribution in [0, 0.1) is 5.82 Å². The molecule has 1 aromatic rings. The van der Waals surface area contributed by atoms with Crippen LogP contribution in [0.1, 0.15) is 25.3 Å². The topological polar surface area (TPSA) is 32.3 Å². The SMILES string of the molecule is CCCN1CC(NCc2ccc(F)c(Cl)c2)CC1=O. The molecule has 2 rings (SSSR count). The van der Waals surface area contributed by atoms with Crippen LogP contribution in [0.15, 0.2) is 18.2 Å². The van der Waals surface area contributed by atoms with E-state index in [-0.39, 0.29) is 17.0 Å². The van der Waals surface area contributed by atoms with E-state index in [0.29, 0.717) is 13.0 Å². The summed E-state index contributed by atoms with van der Waals surface area (Å²) in [5.41, 5.74) is 0.924. The number of hydrogen-bond donors (Lipinski definition) is 1. The Morgan fingerprint density at radius 1 is 1.53 bits per heavy atom. The third-order valence-electron chi connectivity index (χ3n) is 3.29. The van der Waals surface area contributed by atoms with Gasteiger partial charge in [-0.25, -0.2) is 4.39 Å². The number of halogens is 2. The van der Waals surface area contributed by atoms with E-state index in [2.05, 4.69) is 12.2 Å². The number of likely N-dealkylation sites (tertiary alicyclic amines) is 1. The maximum Gasteiger partial charge on any atom is 0.224 e. The minimum atomic E-state index is -0.407. The van der Waals surface area contributed by atoms with Crippen molar-refractivity contribution in [3.8, 4) is 0 Å². The number of rotatable bonds is 5. The van der Waals surface area contributed by atoms with Gasteiger partial charge in [0.15, 0.2) is 0 Å². The summed E-state index contributed by atoms with van der Waals surface area (Å²) in [5, 5.41) is 3.45. The van der Waals surface area contributed by atoms with E-state index in [1.165, 1.54) is 6.07 Å². The number of benzene rings is 1. The number of carbonyl (C=O) groups excluding carboxylic acids is 1. The van der Waals surface area contributed by atoms with E-state index in [1.54, 1.807) is 12.1 Å². The first-order valence-corrected chi connectivity index (χ1v) is 6.93. The largest absolute Gasteiger partial charge is 0.341 e. The zero-order valence-electron chi connectivity index (χ0n) is 11.0. The first-order chi connectivity index (χ1) is 9.10. The second-order valence-corrected chi connectivity index (χ2v) is 5.28. The van der Waals surface area contributed by atoms with Gasteiger partial charge in [-0.15, -0.1) is 0 Å². The molecule has 0 radical (unpaired) electrons. The Kier molecular flexibility index (Phi) is 4.77. The second-order valence-electron chi connectivity index (χ2n) is 4.87. The number of nitrogens with one attached hydrogen (secondary N) is 1. The van der Waals surface area contributed by atoms with E-state index in [1.807, 2.05) is 4.90 Å². The fourth-order valence-electron chi connectivity index (χ4n) is 2.31. The zero-order chi connectivity index (χ0) is 13.8. The molecule has 0 aromatic heterocycles. The highest BCUT2D eigenvalue weighted by Crippen LogP contribution is 2.17. The van der Waals surface area contributed by atoms with Crippen LogP contribution in [0.4, 0.5) is 4.39 Å². The third kappa shape index (κ3) is 3.67. The molecule has 0 bridgehead atoms. The maximum atomic E-state index is 13.0. The van der Waals surface area contributed by atoms with Gasteiger partial charge in [0, 0.05) is 32.1 Å². The molecule has 104 valence electrons. The van der Waals surface area contributed by atoms with Gasteiger partial charge in [-0.1, -0.05) is 24.6 Å². The van der Waals surface area contributed by atoms with E-state index >= 15 is 0 Å². The molecule has 1 aliphatic rings. The second kappa shape index (κ2) is 6.35. The number of amides is 1. The molecule has 5 heteroatoms. The van der Waals surface area contributed by atoms with E-state index in [4.69, 9.17) is 11.6 Å². The van der Waals surface area contributed by atoms with E-state index < -0.39 is 5.82 Å². The van der Waals surface area contributed by atoms with Gasteiger partial charge in [0.05, 0.1) is 5.02 Å². The summed E-state index contributed by atoms with van der Waals surface area (Å²) < 4.78 is 13.0. The highest BCUT2D eigenvalue weighted by molar-refractivity contribution is 6.30. The van der Waals surface area contributed by atoms with Gasteiger partial charge in [-0.05, 0) is 24.1 Å². The Hall–Kier alpha value is -1.13. The van der Waals surface area contributed by atoms with Crippen LogP contribution in [0.2, 0.25) is 5.02 Å². The lowest BCUT2D eigenvalue weighted by molar-refractivity contribution is -0.127. The van der Waals surface area contributed by atoms with Gasteiger partial charge in [0.25, 0.3) is 0 Å². The van der Waals surface area contributed by atoms with Crippen LogP contribution in [-0.2, 0) is 11.3 Å². The minimum absolute atomic E-state index is 0.134. The molecule has 1 heterocycles. The Morgan fingerprint density at radius 3 is 3.00 bits per heavy atom. The fourth-order valence-corrected chi connectivity index (χ4v) is 2.51. The maximum absolute atomic E-state index is 13.0. The molecule has 1 atom stereocenters. The van der Waals surface area contributed by atoms with Crippen LogP contribution in [-0.4, -0.2) is 29.9 Å². The zero-order valence-corrected chi connectivity index (χ0v) is 11.7. The van der Waals surface area contributed by atoms with Crippen molar-refractivity contribution in [1.29, 1.82) is 0 Å². The molecule has 19 heavy (non-hydrogen) atoms. The lowest BCUT2D eigenvalue weighted by atomic mass is 10.2. The molecule has 1 saturated heterocycles. The van der Waals surface area contributed by atoms with Gasteiger partial charge < -0.3 is 10.2 Å². The average Bonchev–Trinajstić information content (AvgIpc) is 2.72. The minimum Gasteiger partial charge on any atom is -0.341 e. The highest BCUT2D eigenvalue weighted by atomic mass is 35.5. The predicted molar refractivity (Wildman–Crippen MR) is 73.5 cm³/mol. The standard InChI is InChI=1S/C14H18ClFN2O/c1-2-5-18-9-11(7-14(18)19)17-8-10-3-4-13(16)12(15)6-10/h3-4,6,11,17H,2,5,7-9H2,1H3. The Balaban J connectivity index is 1.86. The first-order valence-electron chi connectivity index (χ1n) is 6.55. The predicted octanol–water partition coefficient (Wildman–Crippen LogP) is 2.58. The van der Waals surface area contributed by atoms with Gasteiger partial charge in [0.2, 0.25) is 5.91 Å². The smallest absolute Gasteiger partial charge is 0.224 e. The first kappa shape index (κ1) is 14.3. The molecule has 0 saturated carbocycles. The summed E-state index contributed by atoms with van der Waals surface area (Å²) in [6.45, 7) is 4.23. The fraction of sp³-hybridized carbons (Fsp3) is 0.500. The van der Waals surface area contributed by atoms with Gasteiger partial charge in [-0.2, -0.15) is 0 Å². The summed E-state index contributed by atoms with van der Waals surface area (Å²) >= 11 is 5.73. The Bertz CT molecular complexity index is 467. The van der Waals surface area contributed by atoms with Crippen molar-refractivity contribution in [3.63, 3.8) is 0 Å². The van der Waals surface area contributed by atoms with Gasteiger partial charge in [0.1, 0.15) is 5.82 Å². The molecule has 1 fully saturated rings. The molecule has 3 nitrogen and oxygen atoms in total. The summed E-state index contributed by atoms with van der Waals surface area (Å²) in [6.07, 6.45) is 1.51. The Morgan fingerprint density at radius 2 is 2.32 bits per heavy atom. The van der Waals surface area contributed by atoms with Crippen molar-refractivity contribution < 1.29 is 9.18 Å². The number of carbonyl (C=O) groups is 1. The van der Waals surface area contributed by atoms with Crippen molar-refractivity contribution in [2.75, 3.05) is 13.1 Å². The van der Waals surface area contributed by atoms with Gasteiger partial charge >= 0.3 is 0 Å². The van der Waals surface area contributed by atoms with E-state index in [9.17, 15) is 9.18 Å². The van der Waals surface area contributed by atoms with Crippen molar-refractivity contribution in [3.05, 3.63) is 34.6 Å². The van der Waals surface area contributed by atoms with Crippen LogP contribution in [0.3, 0.4) is 0 Å². The normalized spacial score (nSPS) is 19.2. The van der Waals surface area contributed by atoms with Crippen LogP contribution in [0.5, 0.6) is 0 Å². The molecule has 1 N–H and O–H groups in total.